The van der Waals surface area contributed by atoms with E-state index in [0.29, 0.717) is 0 Å². The molecule has 0 unspecified atom stereocenters. The van der Waals surface area contributed by atoms with Crippen molar-refractivity contribution in [3.8, 4) is 0 Å². The fourth-order valence-corrected chi connectivity index (χ4v) is 7.77. The van der Waals surface area contributed by atoms with Gasteiger partial charge in [0, 0.05) is 5.69 Å². The maximum absolute atomic E-state index is 14.1. The maximum atomic E-state index is 14.1. The highest BCUT2D eigenvalue weighted by Gasteiger charge is 2.35. The highest BCUT2D eigenvalue weighted by Crippen LogP contribution is 2.51. The number of nitrogens with one attached hydrogen (secondary N) is 2. The zero-order chi connectivity index (χ0) is 28.3. The number of sulfonamides is 2. The minimum absolute atomic E-state index is 0.00240. The van der Waals surface area contributed by atoms with Crippen LogP contribution < -0.4 is 14.7 Å². The molecule has 12 heteroatoms. The summed E-state index contributed by atoms with van der Waals surface area (Å²) in [7, 11) is -12.2. The Labute approximate surface area is 225 Å². The molecule has 3 rings (SSSR count). The molecule has 206 valence electrons. The fourth-order valence-electron chi connectivity index (χ4n) is 3.45. The molecule has 0 saturated carbocycles. The van der Waals surface area contributed by atoms with Crippen LogP contribution in [-0.2, 0) is 33.7 Å². The second kappa shape index (κ2) is 11.6. The Balaban J connectivity index is 2.12. The van der Waals surface area contributed by atoms with Gasteiger partial charge in [-0.2, -0.15) is 0 Å². The van der Waals surface area contributed by atoms with Crippen molar-refractivity contribution in [3.05, 3.63) is 77.9 Å². The topological polar surface area (TPSA) is 128 Å². The van der Waals surface area contributed by atoms with E-state index >= 15 is 0 Å². The van der Waals surface area contributed by atoms with Gasteiger partial charge in [-0.3, -0.25) is 14.0 Å². The van der Waals surface area contributed by atoms with Crippen molar-refractivity contribution in [2.75, 3.05) is 9.44 Å². The van der Waals surface area contributed by atoms with Crippen molar-refractivity contribution in [1.82, 2.24) is 0 Å². The van der Waals surface area contributed by atoms with E-state index in [4.69, 9.17) is 9.05 Å². The first kappa shape index (κ1) is 29.9. The van der Waals surface area contributed by atoms with Crippen molar-refractivity contribution in [3.63, 3.8) is 0 Å². The standard InChI is InChI=1S/C26H33N2O7PS2/c1-18(2)34-36(29,35-19(3)4)26-17-22(27-37(30,31)23-12-7-20(5)8-13-23)11-16-25(26)28-38(32,33)24-14-9-21(6)10-15-24/h7-19,27-28H,1-6H3. The highest BCUT2D eigenvalue weighted by molar-refractivity contribution is 7.93. The number of hydrogen-bond donors (Lipinski definition) is 2. The summed E-state index contributed by atoms with van der Waals surface area (Å²) in [6.07, 6.45) is -1.09. The van der Waals surface area contributed by atoms with E-state index in [1.165, 1.54) is 42.5 Å². The van der Waals surface area contributed by atoms with Crippen LogP contribution >= 0.6 is 7.60 Å². The molecule has 0 amide bonds. The molecule has 0 radical (unpaired) electrons. The van der Waals surface area contributed by atoms with Crippen molar-refractivity contribution in [2.45, 2.75) is 63.5 Å². The summed E-state index contributed by atoms with van der Waals surface area (Å²) < 4.78 is 82.8. The van der Waals surface area contributed by atoms with Gasteiger partial charge in [-0.1, -0.05) is 35.4 Å². The van der Waals surface area contributed by atoms with Crippen molar-refractivity contribution in [2.24, 2.45) is 0 Å². The molecule has 38 heavy (non-hydrogen) atoms. The van der Waals surface area contributed by atoms with Gasteiger partial charge >= 0.3 is 7.60 Å². The molecule has 0 aliphatic carbocycles. The second-order valence-electron chi connectivity index (χ2n) is 9.37. The van der Waals surface area contributed by atoms with Gasteiger partial charge in [0.15, 0.2) is 0 Å². The van der Waals surface area contributed by atoms with E-state index in [0.717, 1.165) is 11.1 Å². The minimum atomic E-state index is -4.14. The van der Waals surface area contributed by atoms with Crippen molar-refractivity contribution in [1.29, 1.82) is 0 Å². The normalized spacial score (nSPS) is 12.6. The van der Waals surface area contributed by atoms with E-state index in [1.807, 2.05) is 13.8 Å². The Hall–Kier alpha value is -2.69. The summed E-state index contributed by atoms with van der Waals surface area (Å²) >= 11 is 0. The van der Waals surface area contributed by atoms with E-state index in [2.05, 4.69) is 9.44 Å². The zero-order valence-corrected chi connectivity index (χ0v) is 24.7. The summed E-state index contributed by atoms with van der Waals surface area (Å²) in [6, 6.07) is 16.5. The third-order valence-corrected chi connectivity index (χ3v) is 10.3. The molecule has 9 nitrogen and oxygen atoms in total. The molecular formula is C26H33N2O7PS2. The summed E-state index contributed by atoms with van der Waals surface area (Å²) in [5.41, 5.74) is 1.77. The number of hydrogen-bond acceptors (Lipinski definition) is 7. The van der Waals surface area contributed by atoms with Gasteiger partial charge < -0.3 is 9.05 Å². The van der Waals surface area contributed by atoms with E-state index in [9.17, 15) is 21.4 Å². The fraction of sp³-hybridized carbons (Fsp3) is 0.308. The SMILES string of the molecule is Cc1ccc(S(=O)(=O)Nc2ccc(NS(=O)(=O)c3ccc(C)cc3)c(P(=O)(OC(C)C)OC(C)C)c2)cc1. The number of benzene rings is 3. The zero-order valence-electron chi connectivity index (χ0n) is 22.1. The highest BCUT2D eigenvalue weighted by atomic mass is 32.2. The molecule has 0 aromatic heterocycles. The predicted octanol–water partition coefficient (Wildman–Crippen LogP) is 5.57. The van der Waals surface area contributed by atoms with Gasteiger partial charge in [0.25, 0.3) is 20.0 Å². The van der Waals surface area contributed by atoms with Crippen LogP contribution in [0.4, 0.5) is 11.4 Å². The molecule has 3 aromatic rings. The molecular weight excluding hydrogens is 547 g/mol. The Bertz CT molecular complexity index is 1520. The first-order valence-electron chi connectivity index (χ1n) is 11.9. The van der Waals surface area contributed by atoms with E-state index < -0.39 is 39.9 Å². The van der Waals surface area contributed by atoms with Gasteiger partial charge in [-0.15, -0.1) is 0 Å². The van der Waals surface area contributed by atoms with Crippen molar-refractivity contribution >= 4 is 44.3 Å². The number of rotatable bonds is 11. The van der Waals surface area contributed by atoms with Gasteiger partial charge in [0.1, 0.15) is 0 Å². The summed E-state index contributed by atoms with van der Waals surface area (Å²) in [5, 5.41) is -0.125. The lowest BCUT2D eigenvalue weighted by Gasteiger charge is -2.25. The predicted molar refractivity (Wildman–Crippen MR) is 150 cm³/mol. The molecule has 0 spiro atoms. The third kappa shape index (κ3) is 7.45. The lowest BCUT2D eigenvalue weighted by Crippen LogP contribution is -2.24. The van der Waals surface area contributed by atoms with Crippen molar-refractivity contribution < 1.29 is 30.4 Å². The van der Waals surface area contributed by atoms with Crippen LogP contribution in [-0.4, -0.2) is 29.0 Å². The van der Waals surface area contributed by atoms with Crippen LogP contribution in [0, 0.1) is 13.8 Å². The molecule has 0 aliphatic heterocycles. The maximum Gasteiger partial charge on any atom is 0.364 e. The van der Waals surface area contributed by atoms with Crippen LogP contribution in [0.15, 0.2) is 76.5 Å². The van der Waals surface area contributed by atoms with Gasteiger partial charge in [0.05, 0.1) is 33.0 Å². The summed E-state index contributed by atoms with van der Waals surface area (Å²) in [6.45, 7) is 10.3. The minimum Gasteiger partial charge on any atom is -0.302 e. The Morgan fingerprint density at radius 1 is 0.658 bits per heavy atom. The van der Waals surface area contributed by atoms with E-state index in [-0.39, 0.29) is 26.5 Å². The van der Waals surface area contributed by atoms with Gasteiger partial charge in [-0.25, -0.2) is 16.8 Å². The van der Waals surface area contributed by atoms with Crippen LogP contribution in [0.3, 0.4) is 0 Å². The third-order valence-electron chi connectivity index (χ3n) is 5.15. The number of anilines is 2. The molecule has 0 atom stereocenters. The average Bonchev–Trinajstić information content (AvgIpc) is 2.79. The second-order valence-corrected chi connectivity index (χ2v) is 14.6. The van der Waals surface area contributed by atoms with Gasteiger partial charge in [-0.05, 0) is 84.0 Å². The Morgan fingerprint density at radius 2 is 1.08 bits per heavy atom. The lowest BCUT2D eigenvalue weighted by atomic mass is 10.2. The van der Waals surface area contributed by atoms with Crippen LogP contribution in [0.25, 0.3) is 0 Å². The number of aryl methyl sites for hydroxylation is 2. The Morgan fingerprint density at radius 3 is 1.50 bits per heavy atom. The largest absolute Gasteiger partial charge is 0.364 e. The Kier molecular flexibility index (Phi) is 9.11. The molecule has 0 aliphatic rings. The van der Waals surface area contributed by atoms with Crippen LogP contribution in [0.1, 0.15) is 38.8 Å². The first-order chi connectivity index (χ1) is 17.6. The molecule has 0 fully saturated rings. The molecule has 0 heterocycles. The first-order valence-corrected chi connectivity index (χ1v) is 16.4. The quantitative estimate of drug-likeness (QED) is 0.284. The van der Waals surface area contributed by atoms with Gasteiger partial charge in [0.2, 0.25) is 0 Å². The summed E-state index contributed by atoms with van der Waals surface area (Å²) in [4.78, 5) is 0.0384. The monoisotopic (exact) mass is 580 g/mol. The molecule has 2 N–H and O–H groups in total. The van der Waals surface area contributed by atoms with Crippen LogP contribution in [0.5, 0.6) is 0 Å². The average molecular weight is 581 g/mol. The smallest absolute Gasteiger partial charge is 0.302 e. The molecule has 3 aromatic carbocycles. The van der Waals surface area contributed by atoms with E-state index in [1.54, 1.807) is 52.0 Å². The summed E-state index contributed by atoms with van der Waals surface area (Å²) in [5.74, 6) is 0. The molecule has 0 bridgehead atoms. The lowest BCUT2D eigenvalue weighted by molar-refractivity contribution is 0.150. The van der Waals surface area contributed by atoms with Crippen LogP contribution in [0.2, 0.25) is 0 Å². The molecule has 0 saturated heterocycles.